The highest BCUT2D eigenvalue weighted by molar-refractivity contribution is 7.89. The van der Waals surface area contributed by atoms with E-state index in [-0.39, 0.29) is 16.1 Å². The van der Waals surface area contributed by atoms with Gasteiger partial charge in [-0.15, -0.1) is 0 Å². The van der Waals surface area contributed by atoms with E-state index in [1.807, 2.05) is 0 Å². The summed E-state index contributed by atoms with van der Waals surface area (Å²) in [4.78, 5) is 12.3. The van der Waals surface area contributed by atoms with E-state index in [0.717, 1.165) is 12.1 Å². The minimum Gasteiger partial charge on any atom is -0.322 e. The van der Waals surface area contributed by atoms with Crippen molar-refractivity contribution in [2.75, 3.05) is 31.5 Å². The fourth-order valence-corrected chi connectivity index (χ4v) is 7.09. The van der Waals surface area contributed by atoms with Gasteiger partial charge in [-0.05, 0) is 55.7 Å². The van der Waals surface area contributed by atoms with Gasteiger partial charge in [0.15, 0.2) is 0 Å². The number of nitrogens with zero attached hydrogens (tertiary/aromatic N) is 2. The number of anilines is 1. The Morgan fingerprint density at radius 2 is 1.64 bits per heavy atom. The van der Waals surface area contributed by atoms with Crippen molar-refractivity contribution in [1.82, 2.24) is 8.61 Å². The average molecular weight is 498 g/mol. The number of hydrogen-bond donors (Lipinski definition) is 1. The minimum atomic E-state index is -4.05. The molecule has 8 nitrogen and oxygen atoms in total. The van der Waals surface area contributed by atoms with Gasteiger partial charge >= 0.3 is 0 Å². The molecule has 3 rings (SSSR count). The van der Waals surface area contributed by atoms with Crippen molar-refractivity contribution in [3.63, 3.8) is 0 Å². The van der Waals surface area contributed by atoms with E-state index in [1.165, 1.54) is 20.7 Å². The molecular formula is C22H28FN3O5S2. The molecule has 0 spiro atoms. The summed E-state index contributed by atoms with van der Waals surface area (Å²) in [6.45, 7) is 6.38. The van der Waals surface area contributed by atoms with Crippen molar-refractivity contribution in [3.05, 3.63) is 53.3 Å². The van der Waals surface area contributed by atoms with Gasteiger partial charge in [-0.25, -0.2) is 21.2 Å². The lowest BCUT2D eigenvalue weighted by Gasteiger charge is -2.20. The van der Waals surface area contributed by atoms with Crippen LogP contribution in [0.15, 0.2) is 46.2 Å². The molecule has 1 heterocycles. The summed E-state index contributed by atoms with van der Waals surface area (Å²) in [7, 11) is -7.80. The molecule has 1 amide bonds. The molecule has 0 radical (unpaired) electrons. The van der Waals surface area contributed by atoms with Crippen LogP contribution in [0.25, 0.3) is 0 Å². The smallest absolute Gasteiger partial charge is 0.255 e. The highest BCUT2D eigenvalue weighted by atomic mass is 32.2. The number of sulfonamides is 2. The van der Waals surface area contributed by atoms with E-state index in [9.17, 15) is 26.0 Å². The third-order valence-electron chi connectivity index (χ3n) is 5.65. The second-order valence-electron chi connectivity index (χ2n) is 7.78. The molecule has 2 aromatic rings. The molecule has 180 valence electrons. The van der Waals surface area contributed by atoms with Crippen LogP contribution < -0.4 is 5.32 Å². The topological polar surface area (TPSA) is 104 Å². The Labute approximate surface area is 194 Å². The van der Waals surface area contributed by atoms with Crippen molar-refractivity contribution in [2.45, 2.75) is 43.4 Å². The van der Waals surface area contributed by atoms with E-state index in [1.54, 1.807) is 32.9 Å². The third-order valence-corrected chi connectivity index (χ3v) is 9.75. The quantitative estimate of drug-likeness (QED) is 0.603. The fraction of sp³-hybridized carbons (Fsp3) is 0.409. The van der Waals surface area contributed by atoms with E-state index >= 15 is 0 Å². The van der Waals surface area contributed by atoms with Crippen molar-refractivity contribution in [3.8, 4) is 0 Å². The molecule has 1 aliphatic heterocycles. The number of aryl methyl sites for hydroxylation is 1. The Bertz CT molecular complexity index is 1250. The molecule has 1 fully saturated rings. The van der Waals surface area contributed by atoms with Crippen LogP contribution in [-0.2, 0) is 20.0 Å². The Kier molecular flexibility index (Phi) is 7.57. The molecule has 0 atom stereocenters. The maximum absolute atomic E-state index is 14.4. The number of carbonyl (C=O) groups is 1. The van der Waals surface area contributed by atoms with E-state index in [0.29, 0.717) is 44.6 Å². The fourth-order valence-electron chi connectivity index (χ4n) is 3.77. The molecular weight excluding hydrogens is 469 g/mol. The second kappa shape index (κ2) is 9.88. The molecule has 2 aromatic carbocycles. The molecule has 0 aliphatic carbocycles. The summed E-state index contributed by atoms with van der Waals surface area (Å²) in [5.41, 5.74) is 0.702. The van der Waals surface area contributed by atoms with Crippen molar-refractivity contribution in [1.29, 1.82) is 0 Å². The number of hydrogen-bond acceptors (Lipinski definition) is 5. The van der Waals surface area contributed by atoms with Gasteiger partial charge in [-0.3, -0.25) is 4.79 Å². The van der Waals surface area contributed by atoms with Crippen LogP contribution in [0.5, 0.6) is 0 Å². The first kappa shape index (κ1) is 25.3. The molecule has 1 saturated heterocycles. The summed E-state index contributed by atoms with van der Waals surface area (Å²) < 4.78 is 68.3. The van der Waals surface area contributed by atoms with Gasteiger partial charge in [0.05, 0.1) is 4.90 Å². The highest BCUT2D eigenvalue weighted by Gasteiger charge is 2.30. The summed E-state index contributed by atoms with van der Waals surface area (Å²) in [5.74, 6) is -1.61. The standard InChI is InChI=1S/C22H28FN3O5S2/c1-4-25(5-2)32(28,29)20-15-18(10-8-16(20)3)24-22(27)17-9-11-19(23)21(14-17)33(30,31)26-12-6-7-13-26/h8-11,14-15H,4-7,12-13H2,1-3H3,(H,24,27). The maximum Gasteiger partial charge on any atom is 0.255 e. The van der Waals surface area contributed by atoms with Gasteiger partial charge in [0, 0.05) is 37.4 Å². The minimum absolute atomic E-state index is 0.0529. The number of benzene rings is 2. The molecule has 33 heavy (non-hydrogen) atoms. The number of carbonyl (C=O) groups excluding carboxylic acids is 1. The lowest BCUT2D eigenvalue weighted by Crippen LogP contribution is -2.31. The lowest BCUT2D eigenvalue weighted by atomic mass is 10.2. The third kappa shape index (κ3) is 5.11. The van der Waals surface area contributed by atoms with Gasteiger partial charge < -0.3 is 5.32 Å². The van der Waals surface area contributed by atoms with E-state index < -0.39 is 36.7 Å². The van der Waals surface area contributed by atoms with Gasteiger partial charge in [0.25, 0.3) is 5.91 Å². The van der Waals surface area contributed by atoms with E-state index in [4.69, 9.17) is 0 Å². The summed E-state index contributed by atoms with van der Waals surface area (Å²) in [5, 5.41) is 2.59. The number of amides is 1. The number of nitrogens with one attached hydrogen (secondary N) is 1. The summed E-state index contributed by atoms with van der Waals surface area (Å²) in [6, 6.07) is 7.66. The molecule has 0 aromatic heterocycles. The highest BCUT2D eigenvalue weighted by Crippen LogP contribution is 2.26. The lowest BCUT2D eigenvalue weighted by molar-refractivity contribution is 0.102. The van der Waals surface area contributed by atoms with Crippen molar-refractivity contribution < 1.29 is 26.0 Å². The molecule has 0 bridgehead atoms. The maximum atomic E-state index is 14.4. The van der Waals surface area contributed by atoms with Crippen LogP contribution in [-0.4, -0.2) is 57.5 Å². The predicted octanol–water partition coefficient (Wildman–Crippen LogP) is 3.20. The Hall–Kier alpha value is -2.34. The average Bonchev–Trinajstić information content (AvgIpc) is 3.31. The van der Waals surface area contributed by atoms with Gasteiger partial charge in [0.1, 0.15) is 10.7 Å². The zero-order valence-electron chi connectivity index (χ0n) is 18.8. The Morgan fingerprint density at radius 1 is 1.00 bits per heavy atom. The molecule has 11 heteroatoms. The van der Waals surface area contributed by atoms with Gasteiger partial charge in [0.2, 0.25) is 20.0 Å². The normalized spacial score (nSPS) is 15.2. The monoisotopic (exact) mass is 497 g/mol. The molecule has 0 unspecified atom stereocenters. The Balaban J connectivity index is 1.91. The van der Waals surface area contributed by atoms with Crippen LogP contribution in [0.3, 0.4) is 0 Å². The molecule has 1 aliphatic rings. The largest absolute Gasteiger partial charge is 0.322 e. The van der Waals surface area contributed by atoms with Crippen LogP contribution >= 0.6 is 0 Å². The first-order valence-corrected chi connectivity index (χ1v) is 13.6. The molecule has 1 N–H and O–H groups in total. The number of rotatable bonds is 8. The van der Waals surface area contributed by atoms with Crippen molar-refractivity contribution >= 4 is 31.6 Å². The first-order valence-electron chi connectivity index (χ1n) is 10.7. The predicted molar refractivity (Wildman–Crippen MR) is 124 cm³/mol. The molecule has 0 saturated carbocycles. The summed E-state index contributed by atoms with van der Waals surface area (Å²) in [6.07, 6.45) is 1.40. The zero-order valence-corrected chi connectivity index (χ0v) is 20.5. The second-order valence-corrected chi connectivity index (χ2v) is 11.6. The van der Waals surface area contributed by atoms with Gasteiger partial charge in [-0.1, -0.05) is 19.9 Å². The van der Waals surface area contributed by atoms with Crippen LogP contribution in [0, 0.1) is 12.7 Å². The van der Waals surface area contributed by atoms with Crippen LogP contribution in [0.1, 0.15) is 42.6 Å². The van der Waals surface area contributed by atoms with Crippen LogP contribution in [0.2, 0.25) is 0 Å². The van der Waals surface area contributed by atoms with Gasteiger partial charge in [-0.2, -0.15) is 8.61 Å². The van der Waals surface area contributed by atoms with Crippen molar-refractivity contribution in [2.24, 2.45) is 0 Å². The number of halogens is 1. The first-order chi connectivity index (χ1) is 15.5. The summed E-state index contributed by atoms with van der Waals surface area (Å²) >= 11 is 0. The van der Waals surface area contributed by atoms with Crippen LogP contribution in [0.4, 0.5) is 10.1 Å². The van der Waals surface area contributed by atoms with E-state index in [2.05, 4.69) is 5.32 Å². The Morgan fingerprint density at radius 3 is 2.24 bits per heavy atom. The SMILES string of the molecule is CCN(CC)S(=O)(=O)c1cc(NC(=O)c2ccc(F)c(S(=O)(=O)N3CCCC3)c2)ccc1C. The zero-order chi connectivity index (χ0) is 24.4.